The first-order chi connectivity index (χ1) is 8.29. The maximum atomic E-state index is 6.15. The van der Waals surface area contributed by atoms with Crippen LogP contribution >= 0.6 is 11.3 Å². The van der Waals surface area contributed by atoms with E-state index < -0.39 is 0 Å². The number of thiazole rings is 1. The van der Waals surface area contributed by atoms with Gasteiger partial charge in [0.2, 0.25) is 0 Å². The summed E-state index contributed by atoms with van der Waals surface area (Å²) in [6.07, 6.45) is 0. The Bertz CT molecular complexity index is 577. The second kappa shape index (κ2) is 4.39. The van der Waals surface area contributed by atoms with Gasteiger partial charge >= 0.3 is 0 Å². The molecule has 0 saturated heterocycles. The summed E-state index contributed by atoms with van der Waals surface area (Å²) in [5.74, 6) is 0. The number of hydrogen-bond donors (Lipinski definition) is 1. The highest BCUT2D eigenvalue weighted by Crippen LogP contribution is 2.37. The Morgan fingerprint density at radius 3 is 2.39 bits per heavy atom. The van der Waals surface area contributed by atoms with Gasteiger partial charge in [-0.05, 0) is 25.5 Å². The number of anilines is 1. The van der Waals surface area contributed by atoms with E-state index >= 15 is 0 Å². The number of hydrogen-bond acceptors (Lipinski definition) is 3. The van der Waals surface area contributed by atoms with Crippen LogP contribution in [0.4, 0.5) is 5.00 Å². The molecule has 0 spiro atoms. The van der Waals surface area contributed by atoms with Crippen molar-refractivity contribution >= 4 is 16.3 Å². The lowest BCUT2D eigenvalue weighted by Crippen LogP contribution is -2.10. The van der Waals surface area contributed by atoms with Crippen LogP contribution in [0.25, 0.3) is 11.3 Å². The Morgan fingerprint density at radius 2 is 1.83 bits per heavy atom. The quantitative estimate of drug-likeness (QED) is 0.830. The highest BCUT2D eigenvalue weighted by atomic mass is 32.1. The molecule has 0 fully saturated rings. The van der Waals surface area contributed by atoms with Gasteiger partial charge in [-0.2, -0.15) is 0 Å². The molecule has 0 unspecified atom stereocenters. The maximum Gasteiger partial charge on any atom is 0.114 e. The largest absolute Gasteiger partial charge is 0.389 e. The molecule has 2 nitrogen and oxygen atoms in total. The zero-order valence-corrected chi connectivity index (χ0v) is 12.5. The summed E-state index contributed by atoms with van der Waals surface area (Å²) >= 11 is 1.60. The van der Waals surface area contributed by atoms with Crippen molar-refractivity contribution in [3.8, 4) is 11.3 Å². The van der Waals surface area contributed by atoms with Crippen molar-refractivity contribution in [1.82, 2.24) is 4.98 Å². The molecule has 0 aliphatic carbocycles. The van der Waals surface area contributed by atoms with Gasteiger partial charge < -0.3 is 5.73 Å². The Hall–Kier alpha value is -1.35. The van der Waals surface area contributed by atoms with E-state index in [1.165, 1.54) is 11.1 Å². The maximum absolute atomic E-state index is 6.15. The number of nitrogens with zero attached hydrogens (tertiary/aromatic N) is 1. The molecule has 3 heteroatoms. The van der Waals surface area contributed by atoms with Crippen LogP contribution in [-0.4, -0.2) is 4.98 Å². The third kappa shape index (κ3) is 2.41. The molecule has 2 N–H and O–H groups in total. The van der Waals surface area contributed by atoms with Crippen LogP contribution in [0.15, 0.2) is 18.2 Å². The molecule has 2 aromatic rings. The second-order valence-electron chi connectivity index (χ2n) is 5.80. The van der Waals surface area contributed by atoms with Gasteiger partial charge in [-0.15, -0.1) is 11.3 Å². The van der Waals surface area contributed by atoms with Crippen molar-refractivity contribution in [1.29, 1.82) is 0 Å². The number of nitrogens with two attached hydrogens (primary N) is 1. The molecule has 0 radical (unpaired) electrons. The van der Waals surface area contributed by atoms with Gasteiger partial charge in [-0.1, -0.05) is 38.5 Å². The molecule has 0 atom stereocenters. The predicted octanol–water partition coefficient (Wildman–Crippen LogP) is 4.31. The van der Waals surface area contributed by atoms with Crippen LogP contribution < -0.4 is 5.73 Å². The van der Waals surface area contributed by atoms with E-state index in [0.717, 1.165) is 21.3 Å². The fourth-order valence-corrected chi connectivity index (χ4v) is 2.74. The smallest absolute Gasteiger partial charge is 0.114 e. The lowest BCUT2D eigenvalue weighted by molar-refractivity contribution is 0.586. The van der Waals surface area contributed by atoms with Gasteiger partial charge in [0.25, 0.3) is 0 Å². The van der Waals surface area contributed by atoms with Gasteiger partial charge in [0, 0.05) is 11.0 Å². The van der Waals surface area contributed by atoms with E-state index in [-0.39, 0.29) is 5.41 Å². The molecular formula is C15H20N2S. The highest BCUT2D eigenvalue weighted by molar-refractivity contribution is 7.16. The van der Waals surface area contributed by atoms with Crippen molar-refractivity contribution in [3.63, 3.8) is 0 Å². The van der Waals surface area contributed by atoms with Crippen LogP contribution in [0.5, 0.6) is 0 Å². The first kappa shape index (κ1) is 13.1. The zero-order chi connectivity index (χ0) is 13.5. The summed E-state index contributed by atoms with van der Waals surface area (Å²) in [5, 5.41) is 1.91. The summed E-state index contributed by atoms with van der Waals surface area (Å²) in [4.78, 5) is 4.75. The number of rotatable bonds is 1. The molecule has 1 aromatic heterocycles. The molecular weight excluding hydrogens is 240 g/mol. The Balaban J connectivity index is 2.58. The fourth-order valence-electron chi connectivity index (χ4n) is 1.84. The van der Waals surface area contributed by atoms with E-state index in [9.17, 15) is 0 Å². The fraction of sp³-hybridized carbons (Fsp3) is 0.400. The van der Waals surface area contributed by atoms with Gasteiger partial charge in [0.05, 0.1) is 0 Å². The van der Waals surface area contributed by atoms with E-state index in [1.54, 1.807) is 11.3 Å². The third-order valence-corrected chi connectivity index (χ3v) is 4.25. The van der Waals surface area contributed by atoms with Gasteiger partial charge in [0.1, 0.15) is 15.7 Å². The minimum absolute atomic E-state index is 0.0504. The van der Waals surface area contributed by atoms with Crippen molar-refractivity contribution in [2.45, 2.75) is 40.0 Å². The topological polar surface area (TPSA) is 38.9 Å². The van der Waals surface area contributed by atoms with Gasteiger partial charge in [-0.25, -0.2) is 4.98 Å². The summed E-state index contributed by atoms with van der Waals surface area (Å²) in [6, 6.07) is 6.40. The number of aryl methyl sites for hydroxylation is 2. The van der Waals surface area contributed by atoms with E-state index in [4.69, 9.17) is 10.7 Å². The molecule has 1 aromatic carbocycles. The van der Waals surface area contributed by atoms with Crippen LogP contribution in [0.1, 0.15) is 36.9 Å². The van der Waals surface area contributed by atoms with Gasteiger partial charge in [0.15, 0.2) is 0 Å². The lowest BCUT2D eigenvalue weighted by atomic mass is 9.98. The summed E-state index contributed by atoms with van der Waals surface area (Å²) in [7, 11) is 0. The third-order valence-electron chi connectivity index (χ3n) is 2.94. The van der Waals surface area contributed by atoms with Gasteiger partial charge in [-0.3, -0.25) is 0 Å². The molecule has 18 heavy (non-hydrogen) atoms. The monoisotopic (exact) mass is 260 g/mol. The SMILES string of the molecule is Cc1ccc(C)c(-c2nc(C(C)(C)C)sc2N)c1. The Morgan fingerprint density at radius 1 is 1.17 bits per heavy atom. The molecule has 1 heterocycles. The number of benzene rings is 1. The first-order valence-electron chi connectivity index (χ1n) is 6.13. The molecule has 0 amide bonds. The predicted molar refractivity (Wildman–Crippen MR) is 80.1 cm³/mol. The average Bonchev–Trinajstić information content (AvgIpc) is 2.64. The van der Waals surface area contributed by atoms with Crippen LogP contribution in [0.2, 0.25) is 0 Å². The van der Waals surface area contributed by atoms with E-state index in [2.05, 4.69) is 52.8 Å². The van der Waals surface area contributed by atoms with Crippen LogP contribution in [-0.2, 0) is 5.41 Å². The Labute approximate surface area is 113 Å². The summed E-state index contributed by atoms with van der Waals surface area (Å²) in [5.41, 5.74) is 10.7. The molecule has 0 bridgehead atoms. The van der Waals surface area contributed by atoms with Crippen molar-refractivity contribution in [3.05, 3.63) is 34.3 Å². The number of aromatic nitrogens is 1. The van der Waals surface area contributed by atoms with Crippen molar-refractivity contribution < 1.29 is 0 Å². The standard InChI is InChI=1S/C15H20N2S/c1-9-6-7-10(2)11(8-9)12-13(16)18-14(17-12)15(3,4)5/h6-8H,16H2,1-5H3. The highest BCUT2D eigenvalue weighted by Gasteiger charge is 2.21. The van der Waals surface area contributed by atoms with Crippen LogP contribution in [0, 0.1) is 13.8 Å². The molecule has 0 saturated carbocycles. The van der Waals surface area contributed by atoms with Crippen molar-refractivity contribution in [2.75, 3.05) is 5.73 Å². The van der Waals surface area contributed by atoms with E-state index in [1.807, 2.05) is 0 Å². The lowest BCUT2D eigenvalue weighted by Gasteiger charge is -2.13. The molecule has 0 aliphatic heterocycles. The van der Waals surface area contributed by atoms with E-state index in [0.29, 0.717) is 0 Å². The minimum Gasteiger partial charge on any atom is -0.389 e. The molecule has 2 rings (SSSR count). The average molecular weight is 260 g/mol. The second-order valence-corrected chi connectivity index (χ2v) is 6.83. The summed E-state index contributed by atoms with van der Waals surface area (Å²) in [6.45, 7) is 10.7. The molecule has 96 valence electrons. The molecule has 0 aliphatic rings. The Kier molecular flexibility index (Phi) is 3.20. The normalized spacial score (nSPS) is 11.8. The minimum atomic E-state index is 0.0504. The van der Waals surface area contributed by atoms with Crippen molar-refractivity contribution in [2.24, 2.45) is 0 Å². The first-order valence-corrected chi connectivity index (χ1v) is 6.95. The number of nitrogen functional groups attached to an aromatic ring is 1. The van der Waals surface area contributed by atoms with Crippen LogP contribution in [0.3, 0.4) is 0 Å². The summed E-state index contributed by atoms with van der Waals surface area (Å²) < 4.78 is 0. The zero-order valence-electron chi connectivity index (χ0n) is 11.7.